The average Bonchev–Trinajstić information content (AvgIpc) is 2.72. The number of ether oxygens (including phenoxy) is 1. The highest BCUT2D eigenvalue weighted by Crippen LogP contribution is 2.28. The third-order valence-electron chi connectivity index (χ3n) is 2.67. The molecule has 1 aliphatic heterocycles. The lowest BCUT2D eigenvalue weighted by molar-refractivity contribution is -0.185. The largest absolute Gasteiger partial charge is 0.445 e. The first-order chi connectivity index (χ1) is 8.59. The summed E-state index contributed by atoms with van der Waals surface area (Å²) in [5, 5.41) is 1.01. The minimum Gasteiger partial charge on any atom is -0.445 e. The fourth-order valence-corrected chi connectivity index (χ4v) is 1.62. The van der Waals surface area contributed by atoms with Crippen molar-refractivity contribution in [3.63, 3.8) is 0 Å². The van der Waals surface area contributed by atoms with Crippen LogP contribution >= 0.6 is 0 Å². The van der Waals surface area contributed by atoms with Crippen molar-refractivity contribution >= 4 is 12.1 Å². The van der Waals surface area contributed by atoms with E-state index in [1.54, 1.807) is 13.8 Å². The highest BCUT2D eigenvalue weighted by atomic mass is 16.8. The van der Waals surface area contributed by atoms with Gasteiger partial charge in [-0.15, -0.1) is 5.06 Å². The van der Waals surface area contributed by atoms with Crippen LogP contribution in [-0.2, 0) is 14.4 Å². The number of hydroxylamine groups is 2. The number of amides is 1. The molecule has 0 radical (unpaired) electrons. The Kier molecular flexibility index (Phi) is 3.50. The fourth-order valence-electron chi connectivity index (χ4n) is 1.62. The molecule has 1 aromatic carbocycles. The van der Waals surface area contributed by atoms with Crippen LogP contribution in [0.15, 0.2) is 30.3 Å². The predicted molar refractivity (Wildman–Crippen MR) is 63.3 cm³/mol. The van der Waals surface area contributed by atoms with Crippen molar-refractivity contribution in [2.24, 2.45) is 5.92 Å². The zero-order chi connectivity index (χ0) is 13.1. The summed E-state index contributed by atoms with van der Waals surface area (Å²) in [6, 6.07) is 8.96. The van der Waals surface area contributed by atoms with Crippen LogP contribution in [0.2, 0.25) is 0 Å². The summed E-state index contributed by atoms with van der Waals surface area (Å²) in [5.41, 5.74) is 0.875. The molecule has 0 spiro atoms. The maximum atomic E-state index is 11.5. The van der Waals surface area contributed by atoms with E-state index in [4.69, 9.17) is 9.57 Å². The minimum absolute atomic E-state index is 0.189. The van der Waals surface area contributed by atoms with E-state index >= 15 is 0 Å². The van der Waals surface area contributed by atoms with Gasteiger partial charge in [0.1, 0.15) is 12.6 Å². The molecule has 1 aromatic rings. The first-order valence-corrected chi connectivity index (χ1v) is 5.82. The third-order valence-corrected chi connectivity index (χ3v) is 2.67. The van der Waals surface area contributed by atoms with E-state index in [1.807, 2.05) is 30.3 Å². The summed E-state index contributed by atoms with van der Waals surface area (Å²) >= 11 is 0. The number of cyclic esters (lactones) is 1. The second-order valence-electron chi connectivity index (χ2n) is 4.39. The summed E-state index contributed by atoms with van der Waals surface area (Å²) in [7, 11) is 0. The Balaban J connectivity index is 2.16. The van der Waals surface area contributed by atoms with Crippen molar-refractivity contribution in [1.82, 2.24) is 5.06 Å². The summed E-state index contributed by atoms with van der Waals surface area (Å²) in [6.45, 7) is 3.61. The molecule has 96 valence electrons. The molecule has 1 aliphatic rings. The van der Waals surface area contributed by atoms with E-state index < -0.39 is 12.1 Å². The van der Waals surface area contributed by atoms with E-state index in [1.165, 1.54) is 0 Å². The van der Waals surface area contributed by atoms with Gasteiger partial charge in [0, 0.05) is 0 Å². The van der Waals surface area contributed by atoms with Crippen LogP contribution in [0.4, 0.5) is 4.79 Å². The van der Waals surface area contributed by atoms with Gasteiger partial charge in [-0.25, -0.2) is 9.59 Å². The Morgan fingerprint density at radius 2 is 2.06 bits per heavy atom. The average molecular weight is 249 g/mol. The van der Waals surface area contributed by atoms with Crippen LogP contribution in [0.25, 0.3) is 0 Å². The summed E-state index contributed by atoms with van der Waals surface area (Å²) in [6.07, 6.45) is -0.627. The van der Waals surface area contributed by atoms with Gasteiger partial charge in [-0.2, -0.15) is 0 Å². The second-order valence-corrected chi connectivity index (χ2v) is 4.39. The maximum absolute atomic E-state index is 11.5. The Hall–Kier alpha value is -2.04. The lowest BCUT2D eigenvalue weighted by Gasteiger charge is -2.20. The van der Waals surface area contributed by atoms with Gasteiger partial charge in [0.2, 0.25) is 0 Å². The van der Waals surface area contributed by atoms with Crippen molar-refractivity contribution in [2.75, 3.05) is 6.61 Å². The standard InChI is InChI=1S/C13H15NO4/c1-9(2)12(15)18-14-11(8-17-13(14)16)10-6-4-3-5-7-10/h3-7,9,11H,8H2,1-2H3/t11-/m1/s1. The summed E-state index contributed by atoms with van der Waals surface area (Å²) in [5.74, 6) is -0.746. The molecule has 5 heteroatoms. The lowest BCUT2D eigenvalue weighted by Crippen LogP contribution is -2.32. The molecular weight excluding hydrogens is 234 g/mol. The van der Waals surface area contributed by atoms with Gasteiger partial charge in [-0.3, -0.25) is 0 Å². The Labute approximate surface area is 105 Å². The lowest BCUT2D eigenvalue weighted by atomic mass is 10.1. The quantitative estimate of drug-likeness (QED) is 0.824. The number of carbonyl (C=O) groups excluding carboxylic acids is 2. The zero-order valence-corrected chi connectivity index (χ0v) is 10.3. The maximum Gasteiger partial charge on any atom is 0.444 e. The molecule has 1 fully saturated rings. The topological polar surface area (TPSA) is 55.8 Å². The molecule has 1 atom stereocenters. The van der Waals surface area contributed by atoms with Crippen LogP contribution < -0.4 is 0 Å². The number of carbonyl (C=O) groups is 2. The second kappa shape index (κ2) is 5.08. The molecule has 0 unspecified atom stereocenters. The van der Waals surface area contributed by atoms with Gasteiger partial charge >= 0.3 is 12.1 Å². The van der Waals surface area contributed by atoms with Gasteiger partial charge < -0.3 is 9.57 Å². The van der Waals surface area contributed by atoms with E-state index in [9.17, 15) is 9.59 Å². The normalized spacial score (nSPS) is 18.9. The SMILES string of the molecule is CC(C)C(=O)ON1C(=O)OC[C@@H]1c1ccccc1. The smallest absolute Gasteiger partial charge is 0.444 e. The molecule has 1 heterocycles. The highest BCUT2D eigenvalue weighted by molar-refractivity contribution is 5.75. The first-order valence-electron chi connectivity index (χ1n) is 5.82. The van der Waals surface area contributed by atoms with Crippen LogP contribution in [0, 0.1) is 5.92 Å². The van der Waals surface area contributed by atoms with Gasteiger partial charge in [0.05, 0.1) is 5.92 Å². The molecule has 0 N–H and O–H groups in total. The minimum atomic E-state index is -0.627. The first kappa shape index (κ1) is 12.4. The number of hydrogen-bond donors (Lipinski definition) is 0. The Morgan fingerprint density at radius 1 is 1.39 bits per heavy atom. The van der Waals surface area contributed by atoms with Gasteiger partial charge in [-0.05, 0) is 5.56 Å². The van der Waals surface area contributed by atoms with E-state index in [0.717, 1.165) is 10.6 Å². The zero-order valence-electron chi connectivity index (χ0n) is 10.3. The summed E-state index contributed by atoms with van der Waals surface area (Å²) < 4.78 is 4.92. The van der Waals surface area contributed by atoms with Crippen molar-refractivity contribution in [1.29, 1.82) is 0 Å². The van der Waals surface area contributed by atoms with Crippen molar-refractivity contribution < 1.29 is 19.2 Å². The van der Waals surface area contributed by atoms with Crippen molar-refractivity contribution in [3.8, 4) is 0 Å². The molecular formula is C13H15NO4. The van der Waals surface area contributed by atoms with Crippen LogP contribution in [-0.4, -0.2) is 23.7 Å². The van der Waals surface area contributed by atoms with Crippen LogP contribution in [0.1, 0.15) is 25.5 Å². The number of hydrogen-bond acceptors (Lipinski definition) is 4. The Bertz CT molecular complexity index is 444. The highest BCUT2D eigenvalue weighted by Gasteiger charge is 2.38. The predicted octanol–water partition coefficient (Wildman–Crippen LogP) is 2.29. The van der Waals surface area contributed by atoms with Crippen molar-refractivity contribution in [3.05, 3.63) is 35.9 Å². The number of rotatable bonds is 3. The summed E-state index contributed by atoms with van der Waals surface area (Å²) in [4.78, 5) is 28.2. The van der Waals surface area contributed by atoms with Crippen LogP contribution in [0.5, 0.6) is 0 Å². The molecule has 0 aromatic heterocycles. The van der Waals surface area contributed by atoms with Gasteiger partial charge in [-0.1, -0.05) is 44.2 Å². The molecule has 1 saturated heterocycles. The molecule has 2 rings (SSSR count). The molecule has 0 saturated carbocycles. The molecule has 0 aliphatic carbocycles. The third kappa shape index (κ3) is 2.45. The van der Waals surface area contributed by atoms with Crippen LogP contribution in [0.3, 0.4) is 0 Å². The molecule has 5 nitrogen and oxygen atoms in total. The molecule has 1 amide bonds. The monoisotopic (exact) mass is 249 g/mol. The fraction of sp³-hybridized carbons (Fsp3) is 0.385. The van der Waals surface area contributed by atoms with E-state index in [0.29, 0.717) is 0 Å². The van der Waals surface area contributed by atoms with Crippen molar-refractivity contribution in [2.45, 2.75) is 19.9 Å². The van der Waals surface area contributed by atoms with Gasteiger partial charge in [0.25, 0.3) is 0 Å². The number of nitrogens with zero attached hydrogens (tertiary/aromatic N) is 1. The molecule has 18 heavy (non-hydrogen) atoms. The molecule has 0 bridgehead atoms. The van der Waals surface area contributed by atoms with E-state index in [-0.39, 0.29) is 18.6 Å². The van der Waals surface area contributed by atoms with E-state index in [2.05, 4.69) is 0 Å². The van der Waals surface area contributed by atoms with Gasteiger partial charge in [0.15, 0.2) is 0 Å². The number of benzene rings is 1. The Morgan fingerprint density at radius 3 is 2.67 bits per heavy atom.